The Morgan fingerprint density at radius 2 is 1.67 bits per heavy atom. The van der Waals surface area contributed by atoms with Crippen LogP contribution in [0.3, 0.4) is 0 Å². The summed E-state index contributed by atoms with van der Waals surface area (Å²) in [6, 6.07) is 17.5. The Labute approximate surface area is 198 Å². The van der Waals surface area contributed by atoms with Crippen molar-refractivity contribution >= 4 is 40.0 Å². The topological polar surface area (TPSA) is 56.8 Å². The highest BCUT2D eigenvalue weighted by molar-refractivity contribution is 6.30. The quantitative estimate of drug-likeness (QED) is 0.588. The first kappa shape index (κ1) is 21.7. The molecular weight excluding hydrogens is 436 g/mol. The average molecular weight is 463 g/mol. The molecule has 1 unspecified atom stereocenters. The molecule has 170 valence electrons. The monoisotopic (exact) mass is 462 g/mol. The molecule has 2 saturated heterocycles. The van der Waals surface area contributed by atoms with Crippen molar-refractivity contribution in [2.75, 3.05) is 44.2 Å². The highest BCUT2D eigenvalue weighted by Crippen LogP contribution is 2.25. The molecule has 0 spiro atoms. The fourth-order valence-corrected chi connectivity index (χ4v) is 5.03. The van der Waals surface area contributed by atoms with Gasteiger partial charge in [0.25, 0.3) is 5.91 Å². The van der Waals surface area contributed by atoms with Gasteiger partial charge in [-0.1, -0.05) is 48.0 Å². The summed E-state index contributed by atoms with van der Waals surface area (Å²) in [5.41, 5.74) is 0.713. The predicted octanol–water partition coefficient (Wildman–Crippen LogP) is 4.09. The summed E-state index contributed by atoms with van der Waals surface area (Å²) in [4.78, 5) is 37.0. The van der Waals surface area contributed by atoms with Gasteiger partial charge in [-0.25, -0.2) is 4.98 Å². The molecule has 0 aliphatic carbocycles. The third kappa shape index (κ3) is 4.53. The Balaban J connectivity index is 1.23. The van der Waals surface area contributed by atoms with Gasteiger partial charge in [0.2, 0.25) is 5.91 Å². The van der Waals surface area contributed by atoms with E-state index >= 15 is 0 Å². The summed E-state index contributed by atoms with van der Waals surface area (Å²) in [7, 11) is 0. The molecule has 33 heavy (non-hydrogen) atoms. The first-order valence-electron chi connectivity index (χ1n) is 11.5. The Kier molecular flexibility index (Phi) is 6.18. The van der Waals surface area contributed by atoms with Crippen molar-refractivity contribution in [1.82, 2.24) is 14.8 Å². The minimum absolute atomic E-state index is 0.0166. The van der Waals surface area contributed by atoms with Crippen LogP contribution >= 0.6 is 11.6 Å². The Bertz CT molecular complexity index is 1150. The number of aromatic nitrogens is 1. The third-order valence-corrected chi connectivity index (χ3v) is 6.93. The van der Waals surface area contributed by atoms with E-state index in [0.717, 1.165) is 42.5 Å². The maximum absolute atomic E-state index is 13.4. The van der Waals surface area contributed by atoms with Crippen LogP contribution in [0.4, 0.5) is 5.82 Å². The van der Waals surface area contributed by atoms with E-state index < -0.39 is 0 Å². The second-order valence-electron chi connectivity index (χ2n) is 8.76. The predicted molar refractivity (Wildman–Crippen MR) is 131 cm³/mol. The number of benzene rings is 2. The maximum Gasteiger partial charge on any atom is 0.254 e. The number of likely N-dealkylation sites (tertiary alicyclic amines) is 1. The van der Waals surface area contributed by atoms with Gasteiger partial charge in [-0.3, -0.25) is 9.59 Å². The Morgan fingerprint density at radius 1 is 0.879 bits per heavy atom. The van der Waals surface area contributed by atoms with Gasteiger partial charge in [0.05, 0.1) is 10.9 Å². The highest BCUT2D eigenvalue weighted by Gasteiger charge is 2.33. The fraction of sp³-hybridized carbons (Fsp3) is 0.346. The van der Waals surface area contributed by atoms with E-state index in [1.165, 1.54) is 0 Å². The molecule has 5 rings (SSSR count). The number of nitrogens with zero attached hydrogens (tertiary/aromatic N) is 4. The molecular formula is C26H27ClN4O2. The summed E-state index contributed by atoms with van der Waals surface area (Å²) >= 11 is 5.94. The molecule has 2 fully saturated rings. The van der Waals surface area contributed by atoms with Crippen molar-refractivity contribution in [3.63, 3.8) is 0 Å². The largest absolute Gasteiger partial charge is 0.353 e. The zero-order valence-electron chi connectivity index (χ0n) is 18.5. The van der Waals surface area contributed by atoms with Crippen molar-refractivity contribution < 1.29 is 9.59 Å². The van der Waals surface area contributed by atoms with Crippen molar-refractivity contribution in [2.24, 2.45) is 5.92 Å². The van der Waals surface area contributed by atoms with Gasteiger partial charge >= 0.3 is 0 Å². The smallest absolute Gasteiger partial charge is 0.254 e. The number of fused-ring (bicyclic) bond motifs is 1. The molecule has 2 aliphatic heterocycles. The molecule has 1 aromatic heterocycles. The first-order chi connectivity index (χ1) is 16.1. The van der Waals surface area contributed by atoms with Crippen LogP contribution in [-0.4, -0.2) is 65.9 Å². The van der Waals surface area contributed by atoms with Gasteiger partial charge in [0.15, 0.2) is 0 Å². The zero-order chi connectivity index (χ0) is 22.8. The number of carbonyl (C=O) groups is 2. The SMILES string of the molecule is O=C(c1cccc2ccccc12)N1CCCC(C(=O)N2CCN(c3ccc(Cl)cn3)CC2)C1. The van der Waals surface area contributed by atoms with Gasteiger partial charge < -0.3 is 14.7 Å². The van der Waals surface area contributed by atoms with Crippen LogP contribution in [0.25, 0.3) is 10.8 Å². The van der Waals surface area contributed by atoms with E-state index in [4.69, 9.17) is 11.6 Å². The second kappa shape index (κ2) is 9.40. The molecule has 0 N–H and O–H groups in total. The van der Waals surface area contributed by atoms with Crippen LogP contribution in [0.5, 0.6) is 0 Å². The molecule has 0 bridgehead atoms. The lowest BCUT2D eigenvalue weighted by Crippen LogP contribution is -2.53. The molecule has 6 nitrogen and oxygen atoms in total. The van der Waals surface area contributed by atoms with Crippen molar-refractivity contribution in [2.45, 2.75) is 12.8 Å². The van der Waals surface area contributed by atoms with E-state index in [1.54, 1.807) is 6.20 Å². The van der Waals surface area contributed by atoms with Gasteiger partial charge in [0.1, 0.15) is 5.82 Å². The van der Waals surface area contributed by atoms with E-state index in [1.807, 2.05) is 64.4 Å². The Hall–Kier alpha value is -3.12. The normalized spacial score (nSPS) is 19.1. The summed E-state index contributed by atoms with van der Waals surface area (Å²) in [5.74, 6) is 0.922. The zero-order valence-corrected chi connectivity index (χ0v) is 19.2. The van der Waals surface area contributed by atoms with E-state index in [-0.39, 0.29) is 17.7 Å². The minimum Gasteiger partial charge on any atom is -0.353 e. The van der Waals surface area contributed by atoms with Crippen LogP contribution < -0.4 is 4.90 Å². The Morgan fingerprint density at radius 3 is 2.45 bits per heavy atom. The number of halogens is 1. The van der Waals surface area contributed by atoms with Gasteiger partial charge in [-0.15, -0.1) is 0 Å². The van der Waals surface area contributed by atoms with E-state index in [9.17, 15) is 9.59 Å². The fourth-order valence-electron chi connectivity index (χ4n) is 4.91. The number of rotatable bonds is 3. The van der Waals surface area contributed by atoms with Crippen LogP contribution in [0.1, 0.15) is 23.2 Å². The van der Waals surface area contributed by atoms with Gasteiger partial charge in [0, 0.05) is 51.0 Å². The molecule has 3 heterocycles. The van der Waals surface area contributed by atoms with Crippen LogP contribution in [0.2, 0.25) is 5.02 Å². The molecule has 0 saturated carbocycles. The molecule has 0 radical (unpaired) electrons. The molecule has 2 amide bonds. The third-order valence-electron chi connectivity index (χ3n) is 6.71. The lowest BCUT2D eigenvalue weighted by molar-refractivity contribution is -0.137. The summed E-state index contributed by atoms with van der Waals surface area (Å²) in [6.45, 7) is 3.99. The van der Waals surface area contributed by atoms with Crippen molar-refractivity contribution in [3.05, 3.63) is 71.4 Å². The number of carbonyl (C=O) groups excluding carboxylic acids is 2. The number of pyridine rings is 1. The standard InChI is InChI=1S/C26H27ClN4O2/c27-21-10-11-24(28-17-21)29-13-15-30(16-14-29)25(32)20-7-4-12-31(18-20)26(33)23-9-3-6-19-5-1-2-8-22(19)23/h1-3,5-6,8-11,17,20H,4,7,12-16,18H2. The summed E-state index contributed by atoms with van der Waals surface area (Å²) in [5, 5.41) is 2.64. The van der Waals surface area contributed by atoms with Crippen LogP contribution in [0, 0.1) is 5.92 Å². The minimum atomic E-state index is -0.141. The molecule has 3 aromatic rings. The number of amides is 2. The van der Waals surface area contributed by atoms with Crippen molar-refractivity contribution in [1.29, 1.82) is 0 Å². The maximum atomic E-state index is 13.4. The molecule has 1 atom stereocenters. The number of hydrogen-bond donors (Lipinski definition) is 0. The number of hydrogen-bond acceptors (Lipinski definition) is 4. The van der Waals surface area contributed by atoms with Crippen LogP contribution in [0.15, 0.2) is 60.8 Å². The van der Waals surface area contributed by atoms with Gasteiger partial charge in [-0.2, -0.15) is 0 Å². The lowest BCUT2D eigenvalue weighted by Gasteiger charge is -2.39. The molecule has 7 heteroatoms. The second-order valence-corrected chi connectivity index (χ2v) is 9.20. The first-order valence-corrected chi connectivity index (χ1v) is 11.9. The van der Waals surface area contributed by atoms with Crippen molar-refractivity contribution in [3.8, 4) is 0 Å². The van der Waals surface area contributed by atoms with E-state index in [2.05, 4.69) is 9.88 Å². The number of piperidine rings is 1. The molecule has 2 aliphatic rings. The van der Waals surface area contributed by atoms with Gasteiger partial charge in [-0.05, 0) is 41.8 Å². The number of anilines is 1. The highest BCUT2D eigenvalue weighted by atomic mass is 35.5. The lowest BCUT2D eigenvalue weighted by atomic mass is 9.95. The average Bonchev–Trinajstić information content (AvgIpc) is 2.88. The van der Waals surface area contributed by atoms with E-state index in [0.29, 0.717) is 36.8 Å². The number of piperazine rings is 1. The summed E-state index contributed by atoms with van der Waals surface area (Å²) < 4.78 is 0. The summed E-state index contributed by atoms with van der Waals surface area (Å²) in [6.07, 6.45) is 3.33. The van der Waals surface area contributed by atoms with Crippen LogP contribution in [-0.2, 0) is 4.79 Å². The molecule has 2 aromatic carbocycles.